The van der Waals surface area contributed by atoms with Crippen molar-refractivity contribution in [3.63, 3.8) is 0 Å². The SMILES string of the molecule is Cc1cc([N+](=O)[O-])ccc1C(=O)N1CCN(CCOC(C)C)CC1. The number of non-ortho nitro benzene ring substituents is 1. The van der Waals surface area contributed by atoms with Crippen LogP contribution < -0.4 is 0 Å². The summed E-state index contributed by atoms with van der Waals surface area (Å²) in [5.74, 6) is -0.0551. The van der Waals surface area contributed by atoms with Gasteiger partial charge in [0.05, 0.1) is 17.6 Å². The molecule has 0 saturated carbocycles. The van der Waals surface area contributed by atoms with E-state index in [1.807, 2.05) is 18.7 Å². The van der Waals surface area contributed by atoms with Gasteiger partial charge in [-0.15, -0.1) is 0 Å². The molecule has 1 aliphatic heterocycles. The van der Waals surface area contributed by atoms with Crippen LogP contribution in [0, 0.1) is 17.0 Å². The second-order valence-electron chi connectivity index (χ2n) is 6.31. The van der Waals surface area contributed by atoms with E-state index in [2.05, 4.69) is 4.90 Å². The first-order valence-corrected chi connectivity index (χ1v) is 8.26. The predicted molar refractivity (Wildman–Crippen MR) is 91.3 cm³/mol. The van der Waals surface area contributed by atoms with E-state index >= 15 is 0 Å². The number of piperazine rings is 1. The molecule has 1 aromatic rings. The lowest BCUT2D eigenvalue weighted by Crippen LogP contribution is -2.49. The molecule has 0 bridgehead atoms. The van der Waals surface area contributed by atoms with E-state index in [0.717, 1.165) is 19.6 Å². The normalized spacial score (nSPS) is 15.8. The van der Waals surface area contributed by atoms with Crippen LogP contribution >= 0.6 is 0 Å². The quantitative estimate of drug-likeness (QED) is 0.588. The smallest absolute Gasteiger partial charge is 0.269 e. The first kappa shape index (κ1) is 18.4. The van der Waals surface area contributed by atoms with Crippen molar-refractivity contribution in [2.24, 2.45) is 0 Å². The molecule has 0 aromatic heterocycles. The lowest BCUT2D eigenvalue weighted by molar-refractivity contribution is -0.384. The van der Waals surface area contributed by atoms with Gasteiger partial charge in [0, 0.05) is 50.4 Å². The second kappa shape index (κ2) is 8.21. The Hall–Kier alpha value is -1.99. The minimum atomic E-state index is -0.445. The number of hydrogen-bond acceptors (Lipinski definition) is 5. The number of carbonyl (C=O) groups is 1. The van der Waals surface area contributed by atoms with Gasteiger partial charge >= 0.3 is 0 Å². The largest absolute Gasteiger partial charge is 0.377 e. The van der Waals surface area contributed by atoms with E-state index in [0.29, 0.717) is 30.8 Å². The van der Waals surface area contributed by atoms with Crippen molar-refractivity contribution in [1.82, 2.24) is 9.80 Å². The van der Waals surface area contributed by atoms with Crippen LogP contribution in [0.2, 0.25) is 0 Å². The summed E-state index contributed by atoms with van der Waals surface area (Å²) < 4.78 is 5.56. The Balaban J connectivity index is 1.90. The first-order valence-electron chi connectivity index (χ1n) is 8.26. The zero-order valence-corrected chi connectivity index (χ0v) is 14.5. The van der Waals surface area contributed by atoms with E-state index in [-0.39, 0.29) is 17.7 Å². The Morgan fingerprint density at radius 2 is 1.96 bits per heavy atom. The summed E-state index contributed by atoms with van der Waals surface area (Å²) in [5, 5.41) is 10.8. The molecule has 1 saturated heterocycles. The van der Waals surface area contributed by atoms with Crippen LogP contribution in [0.3, 0.4) is 0 Å². The molecular weight excluding hydrogens is 310 g/mol. The third-order valence-corrected chi connectivity index (χ3v) is 4.17. The summed E-state index contributed by atoms with van der Waals surface area (Å²) in [6, 6.07) is 4.39. The van der Waals surface area contributed by atoms with Crippen LogP contribution in [0.25, 0.3) is 0 Å². The van der Waals surface area contributed by atoms with E-state index in [1.54, 1.807) is 13.0 Å². The molecule has 24 heavy (non-hydrogen) atoms. The van der Waals surface area contributed by atoms with Crippen molar-refractivity contribution in [2.75, 3.05) is 39.3 Å². The van der Waals surface area contributed by atoms with E-state index < -0.39 is 4.92 Å². The lowest BCUT2D eigenvalue weighted by atomic mass is 10.1. The Morgan fingerprint density at radius 3 is 2.50 bits per heavy atom. The molecule has 0 N–H and O–H groups in total. The number of carbonyl (C=O) groups excluding carboxylic acids is 1. The van der Waals surface area contributed by atoms with Crippen LogP contribution in [0.1, 0.15) is 29.8 Å². The maximum atomic E-state index is 12.6. The van der Waals surface area contributed by atoms with Gasteiger partial charge in [-0.25, -0.2) is 0 Å². The number of aryl methyl sites for hydroxylation is 1. The van der Waals surface area contributed by atoms with Crippen LogP contribution in [0.15, 0.2) is 18.2 Å². The third-order valence-electron chi connectivity index (χ3n) is 4.17. The maximum Gasteiger partial charge on any atom is 0.269 e. The van der Waals surface area contributed by atoms with Gasteiger partial charge in [0.1, 0.15) is 0 Å². The van der Waals surface area contributed by atoms with Gasteiger partial charge in [0.15, 0.2) is 0 Å². The molecule has 2 rings (SSSR count). The lowest BCUT2D eigenvalue weighted by Gasteiger charge is -2.35. The first-order chi connectivity index (χ1) is 11.4. The highest BCUT2D eigenvalue weighted by molar-refractivity contribution is 5.96. The number of ether oxygens (including phenoxy) is 1. The number of nitro benzene ring substituents is 1. The molecule has 0 spiro atoms. The Morgan fingerprint density at radius 1 is 1.29 bits per heavy atom. The Kier molecular flexibility index (Phi) is 6.28. The van der Waals surface area contributed by atoms with E-state index in [1.165, 1.54) is 12.1 Å². The monoisotopic (exact) mass is 335 g/mol. The Bertz CT molecular complexity index is 595. The topological polar surface area (TPSA) is 75.9 Å². The Labute approximate surface area is 142 Å². The van der Waals surface area contributed by atoms with Gasteiger partial charge in [-0.1, -0.05) is 0 Å². The van der Waals surface area contributed by atoms with Gasteiger partial charge in [-0.05, 0) is 32.4 Å². The van der Waals surface area contributed by atoms with Crippen molar-refractivity contribution in [2.45, 2.75) is 26.9 Å². The number of rotatable bonds is 6. The van der Waals surface area contributed by atoms with Gasteiger partial charge in [0.25, 0.3) is 11.6 Å². The van der Waals surface area contributed by atoms with Crippen LogP contribution in [-0.2, 0) is 4.74 Å². The maximum absolute atomic E-state index is 12.6. The zero-order chi connectivity index (χ0) is 17.7. The predicted octanol–water partition coefficient (Wildman–Crippen LogP) is 2.09. The number of nitro groups is 1. The highest BCUT2D eigenvalue weighted by atomic mass is 16.6. The minimum Gasteiger partial charge on any atom is -0.377 e. The summed E-state index contributed by atoms with van der Waals surface area (Å²) >= 11 is 0. The molecule has 132 valence electrons. The number of nitrogens with zero attached hydrogens (tertiary/aromatic N) is 3. The van der Waals surface area contributed by atoms with E-state index in [4.69, 9.17) is 4.74 Å². The molecule has 1 aromatic carbocycles. The highest BCUT2D eigenvalue weighted by Crippen LogP contribution is 2.19. The molecule has 0 unspecified atom stereocenters. The molecule has 0 atom stereocenters. The fourth-order valence-electron chi connectivity index (χ4n) is 2.76. The molecule has 7 heteroatoms. The number of benzene rings is 1. The van der Waals surface area contributed by atoms with Crippen LogP contribution in [0.4, 0.5) is 5.69 Å². The summed E-state index contributed by atoms with van der Waals surface area (Å²) in [5.41, 5.74) is 1.19. The minimum absolute atomic E-state index is 0.0130. The number of amides is 1. The van der Waals surface area contributed by atoms with Crippen LogP contribution in [-0.4, -0.2) is 66.1 Å². The average molecular weight is 335 g/mol. The standard InChI is InChI=1S/C17H25N3O4/c1-13(2)24-11-10-18-6-8-19(9-7-18)17(21)16-5-4-15(20(22)23)12-14(16)3/h4-5,12-13H,6-11H2,1-3H3. The molecule has 7 nitrogen and oxygen atoms in total. The molecule has 1 aliphatic rings. The summed E-state index contributed by atoms with van der Waals surface area (Å²) in [6.45, 7) is 10.3. The van der Waals surface area contributed by atoms with Crippen molar-refractivity contribution in [3.8, 4) is 0 Å². The molecule has 0 radical (unpaired) electrons. The summed E-state index contributed by atoms with van der Waals surface area (Å²) in [7, 11) is 0. The second-order valence-corrected chi connectivity index (χ2v) is 6.31. The third kappa shape index (κ3) is 4.75. The zero-order valence-electron chi connectivity index (χ0n) is 14.5. The molecule has 1 heterocycles. The summed E-state index contributed by atoms with van der Waals surface area (Å²) in [6.07, 6.45) is 0.234. The molecule has 1 amide bonds. The molecule has 0 aliphatic carbocycles. The van der Waals surface area contributed by atoms with Crippen molar-refractivity contribution in [1.29, 1.82) is 0 Å². The van der Waals surface area contributed by atoms with Gasteiger partial charge in [-0.3, -0.25) is 19.8 Å². The van der Waals surface area contributed by atoms with Gasteiger partial charge in [-0.2, -0.15) is 0 Å². The van der Waals surface area contributed by atoms with Crippen molar-refractivity contribution in [3.05, 3.63) is 39.4 Å². The van der Waals surface area contributed by atoms with E-state index in [9.17, 15) is 14.9 Å². The number of hydrogen-bond donors (Lipinski definition) is 0. The average Bonchev–Trinajstić information content (AvgIpc) is 2.54. The van der Waals surface area contributed by atoms with Crippen molar-refractivity contribution < 1.29 is 14.5 Å². The highest BCUT2D eigenvalue weighted by Gasteiger charge is 2.23. The van der Waals surface area contributed by atoms with Crippen molar-refractivity contribution >= 4 is 11.6 Å². The van der Waals surface area contributed by atoms with Crippen LogP contribution in [0.5, 0.6) is 0 Å². The molecular formula is C17H25N3O4. The summed E-state index contributed by atoms with van der Waals surface area (Å²) in [4.78, 5) is 27.1. The molecule has 1 fully saturated rings. The fraction of sp³-hybridized carbons (Fsp3) is 0.588. The fourth-order valence-corrected chi connectivity index (χ4v) is 2.76. The van der Waals surface area contributed by atoms with Gasteiger partial charge in [0.2, 0.25) is 0 Å². The van der Waals surface area contributed by atoms with Gasteiger partial charge < -0.3 is 9.64 Å².